The fraction of sp³-hybridized carbons (Fsp3) is 0.227. The van der Waals surface area contributed by atoms with Crippen LogP contribution in [0.15, 0.2) is 59.8 Å². The number of methoxy groups -OCH3 is 1. The molecule has 0 saturated carbocycles. The Kier molecular flexibility index (Phi) is 4.16. The summed E-state index contributed by atoms with van der Waals surface area (Å²) in [5.41, 5.74) is 3.23. The number of benzene rings is 2. The first-order valence-corrected chi connectivity index (χ1v) is 9.54. The van der Waals surface area contributed by atoms with Gasteiger partial charge in [-0.15, -0.1) is 5.10 Å². The second kappa shape index (κ2) is 6.84. The Hall–Kier alpha value is -3.48. The molecule has 29 heavy (non-hydrogen) atoms. The minimum Gasteiger partial charge on any atom is -0.497 e. The van der Waals surface area contributed by atoms with Gasteiger partial charge in [0.15, 0.2) is 11.6 Å². The third kappa shape index (κ3) is 2.99. The van der Waals surface area contributed by atoms with Crippen molar-refractivity contribution in [3.63, 3.8) is 0 Å². The molecule has 0 radical (unpaired) electrons. The zero-order valence-electron chi connectivity index (χ0n) is 15.9. The fourth-order valence-corrected chi connectivity index (χ4v) is 3.97. The van der Waals surface area contributed by atoms with E-state index in [1.807, 2.05) is 24.3 Å². The molecule has 1 atom stereocenters. The second-order valence-electron chi connectivity index (χ2n) is 7.18. The van der Waals surface area contributed by atoms with Crippen LogP contribution in [-0.4, -0.2) is 27.7 Å². The predicted octanol–water partition coefficient (Wildman–Crippen LogP) is 4.11. The highest BCUT2D eigenvalue weighted by Gasteiger charge is 2.36. The SMILES string of the molecule is COc1ccc(-c2nc3n(n2)[C@@H](c2ccc(F)cc2)C2=C(CCCC2=O)N3)cc1. The molecule has 2 aliphatic rings. The van der Waals surface area contributed by atoms with Gasteiger partial charge in [0, 0.05) is 23.3 Å². The van der Waals surface area contributed by atoms with Crippen LogP contribution in [0.4, 0.5) is 10.3 Å². The van der Waals surface area contributed by atoms with Gasteiger partial charge in [-0.05, 0) is 54.8 Å². The van der Waals surface area contributed by atoms with Gasteiger partial charge in [0.1, 0.15) is 17.6 Å². The van der Waals surface area contributed by atoms with Crippen molar-refractivity contribution in [3.8, 4) is 17.1 Å². The van der Waals surface area contributed by atoms with Gasteiger partial charge in [0.05, 0.1) is 7.11 Å². The Morgan fingerprint density at radius 1 is 1.10 bits per heavy atom. The Morgan fingerprint density at radius 2 is 1.86 bits per heavy atom. The number of ketones is 1. The number of halogens is 1. The summed E-state index contributed by atoms with van der Waals surface area (Å²) in [5, 5.41) is 8.01. The number of allylic oxidation sites excluding steroid dienone is 2. The van der Waals surface area contributed by atoms with Gasteiger partial charge in [-0.3, -0.25) is 4.79 Å². The quantitative estimate of drug-likeness (QED) is 0.729. The molecule has 1 aliphatic heterocycles. The zero-order chi connectivity index (χ0) is 20.0. The summed E-state index contributed by atoms with van der Waals surface area (Å²) in [7, 11) is 1.62. The molecule has 0 bridgehead atoms. The van der Waals surface area contributed by atoms with Crippen LogP contribution in [0.25, 0.3) is 11.4 Å². The van der Waals surface area contributed by atoms with E-state index in [1.165, 1.54) is 12.1 Å². The number of fused-ring (bicyclic) bond motifs is 1. The molecule has 1 N–H and O–H groups in total. The topological polar surface area (TPSA) is 69.0 Å². The van der Waals surface area contributed by atoms with Crippen molar-refractivity contribution >= 4 is 11.7 Å². The zero-order valence-corrected chi connectivity index (χ0v) is 15.9. The van der Waals surface area contributed by atoms with E-state index in [2.05, 4.69) is 10.3 Å². The minimum atomic E-state index is -0.422. The molecular weight excluding hydrogens is 371 g/mol. The van der Waals surface area contributed by atoms with Crippen molar-refractivity contribution in [1.29, 1.82) is 0 Å². The summed E-state index contributed by atoms with van der Waals surface area (Å²) in [6.45, 7) is 0. The molecule has 1 aliphatic carbocycles. The maximum absolute atomic E-state index is 13.5. The summed E-state index contributed by atoms with van der Waals surface area (Å²) < 4.78 is 20.5. The molecule has 0 fully saturated rings. The Bertz CT molecular complexity index is 1120. The smallest absolute Gasteiger partial charge is 0.226 e. The third-order valence-electron chi connectivity index (χ3n) is 5.40. The second-order valence-corrected chi connectivity index (χ2v) is 7.18. The largest absolute Gasteiger partial charge is 0.497 e. The molecule has 0 unspecified atom stereocenters. The normalized spacial score (nSPS) is 18.1. The van der Waals surface area contributed by atoms with Crippen LogP contribution in [-0.2, 0) is 4.79 Å². The molecule has 0 amide bonds. The van der Waals surface area contributed by atoms with Crippen molar-refractivity contribution in [2.75, 3.05) is 12.4 Å². The lowest BCUT2D eigenvalue weighted by Gasteiger charge is -2.32. The number of hydrogen-bond donors (Lipinski definition) is 1. The number of carbonyl (C=O) groups excluding carboxylic acids is 1. The maximum Gasteiger partial charge on any atom is 0.226 e. The number of nitrogens with one attached hydrogen (secondary N) is 1. The van der Waals surface area contributed by atoms with Gasteiger partial charge >= 0.3 is 0 Å². The number of Topliss-reactive ketones (excluding diaryl/α,β-unsaturated/α-hetero) is 1. The number of rotatable bonds is 3. The van der Waals surface area contributed by atoms with Crippen LogP contribution in [0, 0.1) is 5.82 Å². The van der Waals surface area contributed by atoms with Crippen molar-refractivity contribution in [1.82, 2.24) is 14.8 Å². The maximum atomic E-state index is 13.5. The standard InChI is InChI=1S/C22H19FN4O2/c1-29-16-11-7-14(8-12-16)21-25-22-24-17-3-2-4-18(28)19(17)20(27(22)26-21)13-5-9-15(23)10-6-13/h5-12,20H,2-4H2,1H3,(H,24,25,26)/t20-/m0/s1. The molecule has 7 heteroatoms. The lowest BCUT2D eigenvalue weighted by atomic mass is 9.85. The molecule has 2 heterocycles. The van der Waals surface area contributed by atoms with Gasteiger partial charge < -0.3 is 10.1 Å². The molecule has 1 aromatic heterocycles. The lowest BCUT2D eigenvalue weighted by Crippen LogP contribution is -2.31. The van der Waals surface area contributed by atoms with E-state index in [-0.39, 0.29) is 11.6 Å². The van der Waals surface area contributed by atoms with Crippen molar-refractivity contribution < 1.29 is 13.9 Å². The number of anilines is 1. The van der Waals surface area contributed by atoms with Crippen LogP contribution in [0.1, 0.15) is 30.9 Å². The van der Waals surface area contributed by atoms with Gasteiger partial charge in [0.25, 0.3) is 0 Å². The molecule has 146 valence electrons. The lowest BCUT2D eigenvalue weighted by molar-refractivity contribution is -0.116. The van der Waals surface area contributed by atoms with E-state index < -0.39 is 6.04 Å². The monoisotopic (exact) mass is 390 g/mol. The van der Waals surface area contributed by atoms with Crippen LogP contribution < -0.4 is 10.1 Å². The fourth-order valence-electron chi connectivity index (χ4n) is 3.97. The van der Waals surface area contributed by atoms with Crippen molar-refractivity contribution in [2.45, 2.75) is 25.3 Å². The first kappa shape index (κ1) is 17.6. The summed E-state index contributed by atoms with van der Waals surface area (Å²) in [6.07, 6.45) is 2.09. The van der Waals surface area contributed by atoms with Crippen molar-refractivity contribution in [2.24, 2.45) is 0 Å². The number of ether oxygens (including phenoxy) is 1. The van der Waals surface area contributed by atoms with Gasteiger partial charge in [-0.1, -0.05) is 12.1 Å². The number of nitrogens with zero attached hydrogens (tertiary/aromatic N) is 3. The van der Waals surface area contributed by atoms with E-state index in [4.69, 9.17) is 9.84 Å². The van der Waals surface area contributed by atoms with Gasteiger partial charge in [-0.2, -0.15) is 4.98 Å². The van der Waals surface area contributed by atoms with E-state index in [1.54, 1.807) is 23.9 Å². The van der Waals surface area contributed by atoms with Gasteiger partial charge in [0.2, 0.25) is 5.95 Å². The average Bonchev–Trinajstić information content (AvgIpc) is 3.17. The van der Waals surface area contributed by atoms with Crippen LogP contribution in [0.3, 0.4) is 0 Å². The number of aromatic nitrogens is 3. The molecule has 2 aromatic carbocycles. The molecule has 5 rings (SSSR count). The molecule has 3 aromatic rings. The summed E-state index contributed by atoms with van der Waals surface area (Å²) in [4.78, 5) is 17.5. The van der Waals surface area contributed by atoms with Crippen LogP contribution in [0.2, 0.25) is 0 Å². The Balaban J connectivity index is 1.63. The summed E-state index contributed by atoms with van der Waals surface area (Å²) in [6, 6.07) is 13.3. The molecular formula is C22H19FN4O2. The van der Waals surface area contributed by atoms with E-state index >= 15 is 0 Å². The highest BCUT2D eigenvalue weighted by Crippen LogP contribution is 2.40. The van der Waals surface area contributed by atoms with Crippen LogP contribution in [0.5, 0.6) is 5.75 Å². The number of carbonyl (C=O) groups is 1. The highest BCUT2D eigenvalue weighted by atomic mass is 19.1. The Labute approximate surface area is 167 Å². The highest BCUT2D eigenvalue weighted by molar-refractivity contribution is 5.99. The number of hydrogen-bond acceptors (Lipinski definition) is 5. The predicted molar refractivity (Wildman–Crippen MR) is 106 cm³/mol. The van der Waals surface area contributed by atoms with E-state index in [0.717, 1.165) is 35.4 Å². The van der Waals surface area contributed by atoms with E-state index in [9.17, 15) is 9.18 Å². The Morgan fingerprint density at radius 3 is 2.59 bits per heavy atom. The minimum absolute atomic E-state index is 0.0974. The first-order valence-electron chi connectivity index (χ1n) is 9.54. The summed E-state index contributed by atoms with van der Waals surface area (Å²) >= 11 is 0. The van der Waals surface area contributed by atoms with Crippen molar-refractivity contribution in [3.05, 3.63) is 71.2 Å². The average molecular weight is 390 g/mol. The third-order valence-corrected chi connectivity index (χ3v) is 5.40. The molecule has 0 spiro atoms. The molecule has 6 nitrogen and oxygen atoms in total. The first-order chi connectivity index (χ1) is 14.1. The summed E-state index contributed by atoms with van der Waals surface area (Å²) in [5.74, 6) is 1.67. The van der Waals surface area contributed by atoms with Gasteiger partial charge in [-0.25, -0.2) is 9.07 Å². The van der Waals surface area contributed by atoms with Crippen LogP contribution >= 0.6 is 0 Å². The van der Waals surface area contributed by atoms with E-state index in [0.29, 0.717) is 23.8 Å². The molecule has 0 saturated heterocycles.